The highest BCUT2D eigenvalue weighted by Crippen LogP contribution is 2.42. The Bertz CT molecular complexity index is 1000. The van der Waals surface area contributed by atoms with E-state index in [9.17, 15) is 0 Å². The summed E-state index contributed by atoms with van der Waals surface area (Å²) in [4.78, 5) is 10.8. The molecular weight excluding hydrogens is 276 g/mol. The molecule has 100 valence electrons. The van der Waals surface area contributed by atoms with Crippen LogP contribution in [-0.2, 0) is 6.42 Å². The Morgan fingerprint density at radius 3 is 2.86 bits per heavy atom. The van der Waals surface area contributed by atoms with Gasteiger partial charge in [-0.2, -0.15) is 0 Å². The lowest BCUT2D eigenvalue weighted by atomic mass is 10.0. The van der Waals surface area contributed by atoms with Crippen molar-refractivity contribution in [3.8, 4) is 0 Å². The first-order chi connectivity index (χ1) is 10.4. The second kappa shape index (κ2) is 4.12. The molecule has 4 aromatic rings. The van der Waals surface area contributed by atoms with E-state index < -0.39 is 0 Å². The average molecular weight is 288 g/mol. The van der Waals surface area contributed by atoms with Gasteiger partial charge < -0.3 is 4.98 Å². The largest absolute Gasteiger partial charge is 0.354 e. The van der Waals surface area contributed by atoms with Gasteiger partial charge in [-0.1, -0.05) is 36.0 Å². The average Bonchev–Trinajstić information content (AvgIpc) is 2.92. The van der Waals surface area contributed by atoms with Gasteiger partial charge in [-0.3, -0.25) is 4.98 Å². The van der Waals surface area contributed by atoms with E-state index in [1.54, 1.807) is 0 Å². The number of aromatic nitrogens is 2. The summed E-state index contributed by atoms with van der Waals surface area (Å²) in [5.41, 5.74) is 5.02. The molecule has 0 fully saturated rings. The van der Waals surface area contributed by atoms with Gasteiger partial charge >= 0.3 is 0 Å². The molecule has 3 heteroatoms. The molecule has 0 saturated heterocycles. The minimum absolute atomic E-state index is 0.905. The van der Waals surface area contributed by atoms with Gasteiger partial charge in [0.25, 0.3) is 0 Å². The van der Waals surface area contributed by atoms with Crippen molar-refractivity contribution in [3.05, 3.63) is 66.0 Å². The first-order valence-electron chi connectivity index (χ1n) is 7.04. The standard InChI is InChI=1S/C18H12N2S/c1-2-5-14-11(4-1)12-7-8-16-13(18(12)20-14)10-15-17(21-16)6-3-9-19-15/h1-9,20H,10H2. The van der Waals surface area contributed by atoms with Gasteiger partial charge in [0.1, 0.15) is 0 Å². The Balaban J connectivity index is 1.83. The summed E-state index contributed by atoms with van der Waals surface area (Å²) in [5, 5.41) is 2.61. The summed E-state index contributed by atoms with van der Waals surface area (Å²) in [6.07, 6.45) is 2.79. The first kappa shape index (κ1) is 11.4. The number of benzene rings is 2. The minimum atomic E-state index is 0.905. The highest BCUT2D eigenvalue weighted by atomic mass is 32.2. The molecule has 0 spiro atoms. The summed E-state index contributed by atoms with van der Waals surface area (Å²) in [7, 11) is 0. The number of hydrogen-bond donors (Lipinski definition) is 1. The lowest BCUT2D eigenvalue weighted by molar-refractivity contribution is 0.978. The molecule has 0 aliphatic carbocycles. The van der Waals surface area contributed by atoms with Crippen LogP contribution in [0.2, 0.25) is 0 Å². The van der Waals surface area contributed by atoms with Gasteiger partial charge in [-0.05, 0) is 29.8 Å². The fourth-order valence-corrected chi connectivity index (χ4v) is 4.22. The van der Waals surface area contributed by atoms with Crippen LogP contribution in [0.4, 0.5) is 0 Å². The molecule has 21 heavy (non-hydrogen) atoms. The normalized spacial score (nSPS) is 13.3. The van der Waals surface area contributed by atoms with Crippen molar-refractivity contribution >= 4 is 33.6 Å². The molecule has 2 aromatic heterocycles. The molecular formula is C18H12N2S. The maximum atomic E-state index is 4.54. The van der Waals surface area contributed by atoms with E-state index >= 15 is 0 Å². The number of pyridine rings is 1. The zero-order chi connectivity index (χ0) is 13.8. The van der Waals surface area contributed by atoms with Crippen molar-refractivity contribution in [1.29, 1.82) is 0 Å². The molecule has 2 nitrogen and oxygen atoms in total. The van der Waals surface area contributed by atoms with Crippen molar-refractivity contribution in [3.63, 3.8) is 0 Å². The van der Waals surface area contributed by atoms with E-state index in [4.69, 9.17) is 0 Å². The van der Waals surface area contributed by atoms with Crippen molar-refractivity contribution in [2.45, 2.75) is 16.2 Å². The molecule has 1 aliphatic heterocycles. The number of rotatable bonds is 0. The predicted octanol–water partition coefficient (Wildman–Crippen LogP) is 4.77. The molecule has 0 atom stereocenters. The second-order valence-corrected chi connectivity index (χ2v) is 6.45. The lowest BCUT2D eigenvalue weighted by Gasteiger charge is -2.18. The molecule has 0 unspecified atom stereocenters. The minimum Gasteiger partial charge on any atom is -0.354 e. The topological polar surface area (TPSA) is 28.7 Å². The van der Waals surface area contributed by atoms with Gasteiger partial charge in [0.15, 0.2) is 0 Å². The van der Waals surface area contributed by atoms with E-state index in [0.29, 0.717) is 0 Å². The van der Waals surface area contributed by atoms with Crippen LogP contribution in [-0.4, -0.2) is 9.97 Å². The molecule has 0 amide bonds. The van der Waals surface area contributed by atoms with Crippen LogP contribution >= 0.6 is 11.8 Å². The van der Waals surface area contributed by atoms with E-state index in [2.05, 4.69) is 52.4 Å². The van der Waals surface area contributed by atoms with Crippen LogP contribution < -0.4 is 0 Å². The number of aromatic amines is 1. The SMILES string of the molecule is c1cnc2c(c1)Sc1ccc3c([nH]c4ccccc43)c1C2. The zero-order valence-corrected chi connectivity index (χ0v) is 12.1. The van der Waals surface area contributed by atoms with Gasteiger partial charge in [-0.25, -0.2) is 0 Å². The summed E-state index contributed by atoms with van der Waals surface area (Å²) in [6, 6.07) is 17.2. The van der Waals surface area contributed by atoms with Crippen LogP contribution in [0.15, 0.2) is 64.5 Å². The Morgan fingerprint density at radius 1 is 0.905 bits per heavy atom. The lowest BCUT2D eigenvalue weighted by Crippen LogP contribution is -2.02. The molecule has 5 rings (SSSR count). The Labute approximate surface area is 126 Å². The van der Waals surface area contributed by atoms with Crippen LogP contribution in [0.25, 0.3) is 21.8 Å². The van der Waals surface area contributed by atoms with Gasteiger partial charge in [0, 0.05) is 38.7 Å². The Hall–Kier alpha value is -2.26. The van der Waals surface area contributed by atoms with E-state index in [1.165, 1.54) is 42.9 Å². The third-order valence-electron chi connectivity index (χ3n) is 4.16. The maximum Gasteiger partial charge on any atom is 0.0587 e. The summed E-state index contributed by atoms with van der Waals surface area (Å²) in [6.45, 7) is 0. The molecule has 3 heterocycles. The fraction of sp³-hybridized carbons (Fsp3) is 0.0556. The number of nitrogens with zero attached hydrogens (tertiary/aromatic N) is 1. The Kier molecular flexibility index (Phi) is 2.24. The van der Waals surface area contributed by atoms with E-state index in [-0.39, 0.29) is 0 Å². The monoisotopic (exact) mass is 288 g/mol. The number of hydrogen-bond acceptors (Lipinski definition) is 2. The van der Waals surface area contributed by atoms with E-state index in [0.717, 1.165) is 6.42 Å². The summed E-state index contributed by atoms with van der Waals surface area (Å²) < 4.78 is 0. The van der Waals surface area contributed by atoms with Crippen molar-refractivity contribution in [2.24, 2.45) is 0 Å². The zero-order valence-electron chi connectivity index (χ0n) is 11.3. The quantitative estimate of drug-likeness (QED) is 0.444. The molecule has 0 saturated carbocycles. The fourth-order valence-electron chi connectivity index (χ4n) is 3.16. The molecule has 1 aliphatic rings. The smallest absolute Gasteiger partial charge is 0.0587 e. The Morgan fingerprint density at radius 2 is 1.86 bits per heavy atom. The van der Waals surface area contributed by atoms with Gasteiger partial charge in [0.05, 0.1) is 11.2 Å². The van der Waals surface area contributed by atoms with Crippen LogP contribution in [0.5, 0.6) is 0 Å². The van der Waals surface area contributed by atoms with Gasteiger partial charge in [-0.15, -0.1) is 0 Å². The van der Waals surface area contributed by atoms with Gasteiger partial charge in [0.2, 0.25) is 0 Å². The van der Waals surface area contributed by atoms with Crippen LogP contribution in [0.1, 0.15) is 11.3 Å². The number of H-pyrrole nitrogens is 1. The molecule has 2 aromatic carbocycles. The highest BCUT2D eigenvalue weighted by Gasteiger charge is 2.20. The first-order valence-corrected chi connectivity index (χ1v) is 7.86. The molecule has 1 N–H and O–H groups in total. The summed E-state index contributed by atoms with van der Waals surface area (Å²) >= 11 is 1.82. The molecule has 0 radical (unpaired) electrons. The number of fused-ring (bicyclic) bond motifs is 6. The van der Waals surface area contributed by atoms with Crippen LogP contribution in [0, 0.1) is 0 Å². The predicted molar refractivity (Wildman–Crippen MR) is 87.0 cm³/mol. The molecule has 0 bridgehead atoms. The van der Waals surface area contributed by atoms with Crippen molar-refractivity contribution in [1.82, 2.24) is 9.97 Å². The third kappa shape index (κ3) is 1.58. The maximum absolute atomic E-state index is 4.54. The highest BCUT2D eigenvalue weighted by molar-refractivity contribution is 7.99. The second-order valence-electron chi connectivity index (χ2n) is 5.36. The summed E-state index contributed by atoms with van der Waals surface area (Å²) in [5.74, 6) is 0. The third-order valence-corrected chi connectivity index (χ3v) is 5.35. The van der Waals surface area contributed by atoms with Crippen molar-refractivity contribution in [2.75, 3.05) is 0 Å². The van der Waals surface area contributed by atoms with Crippen molar-refractivity contribution < 1.29 is 0 Å². The van der Waals surface area contributed by atoms with Crippen LogP contribution in [0.3, 0.4) is 0 Å². The van der Waals surface area contributed by atoms with E-state index in [1.807, 2.05) is 24.0 Å². The number of nitrogens with one attached hydrogen (secondary N) is 1. The number of para-hydroxylation sites is 1.